The van der Waals surface area contributed by atoms with Crippen LogP contribution in [0.1, 0.15) is 11.1 Å². The van der Waals surface area contributed by atoms with E-state index in [0.29, 0.717) is 6.54 Å². The van der Waals surface area contributed by atoms with Crippen LogP contribution in [0.2, 0.25) is 0 Å². The number of rotatable bonds is 4. The molecule has 0 fully saturated rings. The summed E-state index contributed by atoms with van der Waals surface area (Å²) in [5.41, 5.74) is 2.42. The van der Waals surface area contributed by atoms with E-state index in [9.17, 15) is 9.90 Å². The number of benzene rings is 1. The van der Waals surface area contributed by atoms with E-state index in [2.05, 4.69) is 5.32 Å². The van der Waals surface area contributed by atoms with Gasteiger partial charge in [0.05, 0.1) is 0 Å². The summed E-state index contributed by atoms with van der Waals surface area (Å²) in [4.78, 5) is 10.7. The fourth-order valence-corrected chi connectivity index (χ4v) is 1.28. The van der Waals surface area contributed by atoms with E-state index in [1.165, 1.54) is 11.1 Å². The molecule has 75 valence electrons. The van der Waals surface area contributed by atoms with Crippen molar-refractivity contribution in [3.63, 3.8) is 0 Å². The third-order valence-electron chi connectivity index (χ3n) is 2.11. The lowest BCUT2D eigenvalue weighted by Crippen LogP contribution is -2.27. The number of hydrogen-bond donors (Lipinski definition) is 1. The Labute approximate surface area is 83.8 Å². The van der Waals surface area contributed by atoms with Crippen LogP contribution in [0.3, 0.4) is 0 Å². The van der Waals surface area contributed by atoms with Crippen LogP contribution < -0.4 is 5.32 Å². The molecule has 0 unspecified atom stereocenters. The second-order valence-electron chi connectivity index (χ2n) is 3.17. The normalized spacial score (nSPS) is 9.86. The molecule has 1 radical (unpaired) electrons. The zero-order valence-corrected chi connectivity index (χ0v) is 8.25. The van der Waals surface area contributed by atoms with Gasteiger partial charge in [-0.3, -0.25) is 4.79 Å². The molecule has 0 aliphatic heterocycles. The predicted molar refractivity (Wildman–Crippen MR) is 53.4 cm³/mol. The molecule has 0 aliphatic carbocycles. The third-order valence-corrected chi connectivity index (χ3v) is 2.11. The van der Waals surface area contributed by atoms with Gasteiger partial charge in [-0.05, 0) is 24.5 Å². The molecule has 1 aromatic rings. The van der Waals surface area contributed by atoms with Crippen LogP contribution in [0, 0.1) is 6.92 Å². The summed E-state index contributed by atoms with van der Waals surface area (Å²) in [7, 11) is 0. The zero-order valence-electron chi connectivity index (χ0n) is 8.25. The van der Waals surface area contributed by atoms with E-state index in [-0.39, 0.29) is 0 Å². The number of aryl methyl sites for hydroxylation is 1. The lowest BCUT2D eigenvalue weighted by atomic mass is 10.1. The maximum atomic E-state index is 10.7. The molecule has 1 amide bonds. The third kappa shape index (κ3) is 3.18. The van der Waals surface area contributed by atoms with Crippen molar-refractivity contribution in [1.29, 1.82) is 0 Å². The number of amides is 1. The van der Waals surface area contributed by atoms with Gasteiger partial charge in [0.1, 0.15) is 0 Å². The monoisotopic (exact) mass is 192 g/mol. The summed E-state index contributed by atoms with van der Waals surface area (Å²) in [6.45, 7) is 1.88. The van der Waals surface area contributed by atoms with Crippen molar-refractivity contribution in [3.05, 3.63) is 35.4 Å². The van der Waals surface area contributed by atoms with Gasteiger partial charge < -0.3 is 5.32 Å². The molecule has 0 bridgehead atoms. The molecule has 1 N–H and O–H groups in total. The summed E-state index contributed by atoms with van der Waals surface area (Å²) >= 11 is 0. The number of carbonyl (C=O) groups excluding carboxylic acids is 1. The highest BCUT2D eigenvalue weighted by atomic mass is 16.3. The highest BCUT2D eigenvalue weighted by Gasteiger charge is 1.99. The smallest absolute Gasteiger partial charge is 0.249 e. The molecule has 0 atom stereocenters. The van der Waals surface area contributed by atoms with Crippen LogP contribution in [-0.2, 0) is 16.3 Å². The molecule has 0 spiro atoms. The van der Waals surface area contributed by atoms with E-state index >= 15 is 0 Å². The van der Waals surface area contributed by atoms with Crippen molar-refractivity contribution >= 4 is 5.91 Å². The van der Waals surface area contributed by atoms with Gasteiger partial charge in [-0.1, -0.05) is 24.3 Å². The minimum Gasteiger partial charge on any atom is -0.354 e. The summed E-state index contributed by atoms with van der Waals surface area (Å²) in [5, 5.41) is 12.7. The summed E-state index contributed by atoms with van der Waals surface area (Å²) in [5.74, 6) is -0.432. The van der Waals surface area contributed by atoms with Crippen molar-refractivity contribution < 1.29 is 9.90 Å². The lowest BCUT2D eigenvalue weighted by Gasteiger charge is -2.05. The van der Waals surface area contributed by atoms with Gasteiger partial charge in [0.2, 0.25) is 5.91 Å². The van der Waals surface area contributed by atoms with E-state index < -0.39 is 12.5 Å². The Balaban J connectivity index is 2.39. The number of carbonyl (C=O) groups is 1. The Bertz CT molecular complexity index is 310. The van der Waals surface area contributed by atoms with Gasteiger partial charge in [0.25, 0.3) is 0 Å². The SMILES string of the molecule is Cc1ccccc1CCNC(=O)C[O]. The zero-order chi connectivity index (χ0) is 10.4. The Morgan fingerprint density at radius 1 is 1.36 bits per heavy atom. The Kier molecular flexibility index (Phi) is 4.13. The minimum absolute atomic E-state index is 0.432. The molecule has 0 aliphatic rings. The van der Waals surface area contributed by atoms with Crippen LogP contribution in [-0.4, -0.2) is 19.1 Å². The van der Waals surface area contributed by atoms with Gasteiger partial charge in [-0.2, -0.15) is 0 Å². The maximum absolute atomic E-state index is 10.7. The van der Waals surface area contributed by atoms with Gasteiger partial charge in [-0.15, -0.1) is 0 Å². The van der Waals surface area contributed by atoms with Crippen molar-refractivity contribution in [2.45, 2.75) is 13.3 Å². The maximum Gasteiger partial charge on any atom is 0.249 e. The Morgan fingerprint density at radius 3 is 2.71 bits per heavy atom. The van der Waals surface area contributed by atoms with Gasteiger partial charge in [0.15, 0.2) is 6.61 Å². The standard InChI is InChI=1S/C11H14NO2/c1-9-4-2-3-5-10(9)6-7-12-11(14)8-13/h2-5H,6-8H2,1H3,(H,12,14). The van der Waals surface area contributed by atoms with Crippen LogP contribution in [0.15, 0.2) is 24.3 Å². The fraction of sp³-hybridized carbons (Fsp3) is 0.364. The number of nitrogens with one attached hydrogen (secondary N) is 1. The second-order valence-corrected chi connectivity index (χ2v) is 3.17. The molecule has 1 aromatic carbocycles. The first-order valence-corrected chi connectivity index (χ1v) is 4.63. The molecule has 3 heteroatoms. The molecule has 0 aromatic heterocycles. The van der Waals surface area contributed by atoms with Crippen LogP contribution in [0.4, 0.5) is 0 Å². The summed E-state index contributed by atoms with van der Waals surface area (Å²) in [6, 6.07) is 8.01. The lowest BCUT2D eigenvalue weighted by molar-refractivity contribution is -0.125. The average molecular weight is 192 g/mol. The average Bonchev–Trinajstić information content (AvgIpc) is 2.20. The van der Waals surface area contributed by atoms with E-state index in [4.69, 9.17) is 0 Å². The van der Waals surface area contributed by atoms with Crippen LogP contribution >= 0.6 is 0 Å². The molecule has 0 heterocycles. The summed E-state index contributed by atoms with van der Waals surface area (Å²) < 4.78 is 0. The van der Waals surface area contributed by atoms with E-state index in [0.717, 1.165) is 6.42 Å². The first kappa shape index (κ1) is 10.7. The molecule has 0 saturated carbocycles. The fourth-order valence-electron chi connectivity index (χ4n) is 1.28. The minimum atomic E-state index is -0.687. The highest BCUT2D eigenvalue weighted by molar-refractivity contribution is 5.76. The molecule has 0 saturated heterocycles. The predicted octanol–water partition coefficient (Wildman–Crippen LogP) is 1.08. The van der Waals surface area contributed by atoms with Gasteiger partial charge in [0, 0.05) is 6.54 Å². The van der Waals surface area contributed by atoms with Crippen LogP contribution in [0.25, 0.3) is 0 Å². The van der Waals surface area contributed by atoms with Gasteiger partial charge in [-0.25, -0.2) is 5.11 Å². The highest BCUT2D eigenvalue weighted by Crippen LogP contribution is 2.06. The Morgan fingerprint density at radius 2 is 2.07 bits per heavy atom. The molecular formula is C11H14NO2. The topological polar surface area (TPSA) is 49.0 Å². The largest absolute Gasteiger partial charge is 0.354 e. The van der Waals surface area contributed by atoms with Crippen molar-refractivity contribution in [2.75, 3.05) is 13.2 Å². The Hall–Kier alpha value is -1.35. The number of hydrogen-bond acceptors (Lipinski definition) is 1. The molecule has 3 nitrogen and oxygen atoms in total. The first-order chi connectivity index (χ1) is 6.74. The molecule has 1 rings (SSSR count). The first-order valence-electron chi connectivity index (χ1n) is 4.63. The van der Waals surface area contributed by atoms with Crippen molar-refractivity contribution in [2.24, 2.45) is 0 Å². The van der Waals surface area contributed by atoms with Crippen molar-refractivity contribution in [3.8, 4) is 0 Å². The quantitative estimate of drug-likeness (QED) is 0.762. The second kappa shape index (κ2) is 5.40. The molecular weight excluding hydrogens is 178 g/mol. The van der Waals surface area contributed by atoms with Crippen molar-refractivity contribution in [1.82, 2.24) is 5.32 Å². The van der Waals surface area contributed by atoms with Crippen LogP contribution in [0.5, 0.6) is 0 Å². The van der Waals surface area contributed by atoms with Gasteiger partial charge >= 0.3 is 0 Å². The van der Waals surface area contributed by atoms with E-state index in [1.54, 1.807) is 0 Å². The molecule has 14 heavy (non-hydrogen) atoms. The summed E-state index contributed by atoms with van der Waals surface area (Å²) in [6.07, 6.45) is 0.776. The van der Waals surface area contributed by atoms with E-state index in [1.807, 2.05) is 31.2 Å².